The standard InChI is InChI=1S/C78H107N9O6/c1-50(89)45-86-73-44-77(43-69-66-25-28-81-46-59(66)33-56-17-11-26-82-75(56)69)40-54-22-23-72(77)78(73)41-57(62(42-78)48-85-63-18-7-4-8-19-63)24-29-84-76(80)83-27-10-16-55(31-53-15-9-14-52(30-53)21-20-51-12-5-3-6-13-51)68-39-74(79)87-47-60(68)34-58-36-70(92)71(93-2)38-67(58)61(49-88)35-65(91)37-64(90)32-54/h3,5-6,9,11-15,17,30,35-36,38-39,47,50,54-57,59,62-63,66,69,72-75,81-82,85-89,92H,4,7-8,16,18-26,28-29,31-34,37,40-46,48-49,79H2,1-2H3,(H3,80,83,84). The highest BCUT2D eigenvalue weighted by Crippen LogP contribution is 2.71. The molecule has 3 aromatic carbocycles. The van der Waals surface area contributed by atoms with Crippen LogP contribution in [0.5, 0.6) is 11.5 Å². The predicted octanol–water partition coefficient (Wildman–Crippen LogP) is 9.10. The first-order valence-electron chi connectivity index (χ1n) is 35.9. The number of carbonyl (C=O) groups excluding carboxylic acids is 2. The summed E-state index contributed by atoms with van der Waals surface area (Å²) in [7, 11) is 1.48. The van der Waals surface area contributed by atoms with Gasteiger partial charge in [-0.05, 0) is 262 Å². The van der Waals surface area contributed by atoms with E-state index in [0.717, 1.165) is 107 Å². The zero-order chi connectivity index (χ0) is 64.5. The lowest BCUT2D eigenvalue weighted by Crippen LogP contribution is -2.57. The fourth-order valence-corrected chi connectivity index (χ4v) is 20.0. The topological polar surface area (TPSA) is 241 Å². The zero-order valence-corrected chi connectivity index (χ0v) is 55.5. The Hall–Kier alpha value is -6.09. The third-order valence-corrected chi connectivity index (χ3v) is 24.0. The van der Waals surface area contributed by atoms with E-state index in [1.165, 1.54) is 69.3 Å². The Bertz CT molecular complexity index is 3310. The Morgan fingerprint density at radius 2 is 1.72 bits per heavy atom. The van der Waals surface area contributed by atoms with Gasteiger partial charge in [-0.15, -0.1) is 0 Å². The number of dihydropyridines is 1. The summed E-state index contributed by atoms with van der Waals surface area (Å²) in [5.41, 5.74) is 20.6. The van der Waals surface area contributed by atoms with E-state index < -0.39 is 18.9 Å². The number of ether oxygens (including phenoxy) is 1. The number of methoxy groups -OCH3 is 1. The molecule has 5 aliphatic heterocycles. The molecule has 15 atom stereocenters. The molecule has 10 aliphatic rings. The number of benzene rings is 3. The number of aryl methyl sites for hydroxylation is 2. The predicted molar refractivity (Wildman–Crippen MR) is 371 cm³/mol. The maximum absolute atomic E-state index is 14.8. The summed E-state index contributed by atoms with van der Waals surface area (Å²) in [6, 6.07) is 27.0. The van der Waals surface area contributed by atoms with Gasteiger partial charge in [0, 0.05) is 62.8 Å². The van der Waals surface area contributed by atoms with Crippen LogP contribution < -0.4 is 48.1 Å². The van der Waals surface area contributed by atoms with Crippen LogP contribution in [0.15, 0.2) is 113 Å². The van der Waals surface area contributed by atoms with Crippen LogP contribution in [0.1, 0.15) is 150 Å². The van der Waals surface area contributed by atoms with Crippen molar-refractivity contribution < 1.29 is 29.6 Å². The van der Waals surface area contributed by atoms with Gasteiger partial charge >= 0.3 is 0 Å². The first-order valence-corrected chi connectivity index (χ1v) is 35.9. The largest absolute Gasteiger partial charge is 0.504 e. The van der Waals surface area contributed by atoms with Gasteiger partial charge in [0.1, 0.15) is 5.78 Å². The van der Waals surface area contributed by atoms with Crippen molar-refractivity contribution in [2.24, 2.45) is 80.6 Å². The number of Topliss-reactive ketones (excluding diaryl/α,β-unsaturated/α-hetero) is 1. The number of aliphatic imine (C=N–C) groups is 1. The molecular formula is C78H107N9O6. The van der Waals surface area contributed by atoms with E-state index in [9.17, 15) is 24.9 Å². The number of carbonyl (C=O) groups is 2. The number of allylic oxidation sites excluding steroid dienone is 3. The van der Waals surface area contributed by atoms with E-state index in [4.69, 9.17) is 16.2 Å². The summed E-state index contributed by atoms with van der Waals surface area (Å²) in [6.45, 7) is 6.64. The molecule has 15 nitrogen and oxygen atoms in total. The van der Waals surface area contributed by atoms with Gasteiger partial charge in [0.05, 0.1) is 32.4 Å². The molecule has 5 bridgehead atoms. The quantitative estimate of drug-likeness (QED) is 0.0387. The van der Waals surface area contributed by atoms with Crippen molar-refractivity contribution in [2.75, 3.05) is 53.0 Å². The first kappa shape index (κ1) is 66.9. The molecule has 13 rings (SSSR count). The van der Waals surface area contributed by atoms with Crippen LogP contribution in [-0.4, -0.2) is 116 Å². The van der Waals surface area contributed by atoms with E-state index in [-0.39, 0.29) is 58.2 Å². The zero-order valence-electron chi connectivity index (χ0n) is 55.5. The lowest BCUT2D eigenvalue weighted by molar-refractivity contribution is -0.126. The minimum atomic E-state index is -0.495. The maximum Gasteiger partial charge on any atom is 0.202 e. The van der Waals surface area contributed by atoms with Crippen molar-refractivity contribution in [3.8, 4) is 23.5 Å². The maximum atomic E-state index is 14.8. The lowest BCUT2D eigenvalue weighted by Gasteiger charge is -2.55. The number of phenols is 1. The van der Waals surface area contributed by atoms with Gasteiger partial charge in [-0.3, -0.25) is 9.59 Å². The highest BCUT2D eigenvalue weighted by atomic mass is 16.5. The minimum Gasteiger partial charge on any atom is -0.504 e. The second-order valence-corrected chi connectivity index (χ2v) is 30.0. The van der Waals surface area contributed by atoms with Gasteiger partial charge in [0.15, 0.2) is 17.3 Å². The fraction of sp³-hybridized carbons (Fsp3) is 0.603. The Morgan fingerprint density at radius 3 is 2.55 bits per heavy atom. The molecule has 5 aliphatic carbocycles. The van der Waals surface area contributed by atoms with Crippen molar-refractivity contribution in [2.45, 2.75) is 179 Å². The third kappa shape index (κ3) is 15.9. The van der Waals surface area contributed by atoms with Crippen molar-refractivity contribution in [3.05, 3.63) is 136 Å². The minimum absolute atomic E-state index is 0.0240. The number of aliphatic hydroxyl groups excluding tert-OH is 2. The summed E-state index contributed by atoms with van der Waals surface area (Å²) in [5.74, 6) is 6.91. The van der Waals surface area contributed by atoms with Crippen LogP contribution in [-0.2, 0) is 35.3 Å². The number of aliphatic hydroxyl groups is 2. The number of rotatable bonds is 15. The van der Waals surface area contributed by atoms with Gasteiger partial charge in [-0.2, -0.15) is 4.99 Å². The highest BCUT2D eigenvalue weighted by Gasteiger charge is 2.67. The number of nitrogens with one attached hydrogen (secondary N) is 6. The van der Waals surface area contributed by atoms with Crippen LogP contribution in [0.4, 0.5) is 0 Å². The third-order valence-electron chi connectivity index (χ3n) is 24.0. The number of phenolic OH excluding ortho intramolecular Hbond substituents is 1. The fourth-order valence-electron chi connectivity index (χ4n) is 20.0. The summed E-state index contributed by atoms with van der Waals surface area (Å²) in [6.07, 6.45) is 29.5. The summed E-state index contributed by atoms with van der Waals surface area (Å²) in [5, 5.41) is 57.0. The molecule has 0 amide bonds. The molecule has 6 fully saturated rings. The molecular weight excluding hydrogens is 1160 g/mol. The highest BCUT2D eigenvalue weighted by molar-refractivity contribution is 6.08. The van der Waals surface area contributed by atoms with Crippen LogP contribution in [0.25, 0.3) is 5.57 Å². The Labute approximate surface area is 553 Å². The molecule has 93 heavy (non-hydrogen) atoms. The first-order chi connectivity index (χ1) is 45.2. The lowest BCUT2D eigenvalue weighted by atomic mass is 9.52. The number of piperidine rings is 1. The molecule has 15 unspecified atom stereocenters. The number of hydrogen-bond acceptors (Lipinski definition) is 15. The van der Waals surface area contributed by atoms with E-state index in [1.807, 2.05) is 19.2 Å². The number of nitrogens with two attached hydrogens (primary N) is 2. The normalized spacial score (nSPS) is 33.1. The molecule has 15 heteroatoms. The SMILES string of the molecule is COc1cc2c(cc1O)CC1=CNC(N)C=C1C(Cc1cccc(CCc3ccccc3)c1)CC#CN=C(N)NCCC1CC3(CC1CNC1CCCCC1)C(NCC(C)O)CC1(CC4C5CCNCC5CC5C=CCNC54)CC(CCC13)CC(=O)CC(=O)C=C2CO. The van der Waals surface area contributed by atoms with Crippen LogP contribution in [0.2, 0.25) is 0 Å². The average Bonchev–Trinajstić information content (AvgIpc) is 1.54. The second-order valence-electron chi connectivity index (χ2n) is 30.0. The smallest absolute Gasteiger partial charge is 0.202 e. The second kappa shape index (κ2) is 30.8. The van der Waals surface area contributed by atoms with E-state index in [2.05, 4.69) is 116 Å². The monoisotopic (exact) mass is 1270 g/mol. The van der Waals surface area contributed by atoms with Gasteiger partial charge < -0.3 is 63.4 Å². The van der Waals surface area contributed by atoms with E-state index in [1.54, 1.807) is 12.1 Å². The molecule has 3 aromatic rings. The van der Waals surface area contributed by atoms with Gasteiger partial charge in [0.25, 0.3) is 0 Å². The molecule has 5 saturated carbocycles. The number of nitrogens with zero attached hydrogens (tertiary/aromatic N) is 1. The summed E-state index contributed by atoms with van der Waals surface area (Å²) >= 11 is 0. The van der Waals surface area contributed by atoms with Crippen molar-refractivity contribution in [1.29, 1.82) is 0 Å². The molecule has 13 N–H and O–H groups in total. The summed E-state index contributed by atoms with van der Waals surface area (Å²) < 4.78 is 5.68. The van der Waals surface area contributed by atoms with E-state index >= 15 is 0 Å². The molecule has 1 saturated heterocycles. The van der Waals surface area contributed by atoms with Crippen LogP contribution in [0.3, 0.4) is 0 Å². The molecule has 1 spiro atoms. The Kier molecular flexibility index (Phi) is 22.1. The van der Waals surface area contributed by atoms with E-state index in [0.29, 0.717) is 115 Å². The summed E-state index contributed by atoms with van der Waals surface area (Å²) in [4.78, 5) is 34.1. The molecule has 5 heterocycles. The van der Waals surface area contributed by atoms with Crippen molar-refractivity contribution >= 4 is 23.1 Å². The van der Waals surface area contributed by atoms with Gasteiger partial charge in [-0.1, -0.05) is 91.9 Å². The number of hydrogen-bond donors (Lipinski definition) is 11. The van der Waals surface area contributed by atoms with Gasteiger partial charge in [0.2, 0.25) is 5.96 Å². The van der Waals surface area contributed by atoms with Crippen molar-refractivity contribution in [3.63, 3.8) is 0 Å². The number of guanidine groups is 1. The van der Waals surface area contributed by atoms with Gasteiger partial charge in [-0.25, -0.2) is 0 Å². The number of ketones is 2. The Morgan fingerprint density at radius 1 is 0.892 bits per heavy atom. The average molecular weight is 1270 g/mol. The van der Waals surface area contributed by atoms with Crippen LogP contribution in [0, 0.1) is 76.1 Å². The number of aromatic hydroxyl groups is 1. The van der Waals surface area contributed by atoms with Crippen LogP contribution >= 0.6 is 0 Å². The molecule has 0 aromatic heterocycles. The van der Waals surface area contributed by atoms with Crippen molar-refractivity contribution in [1.82, 2.24) is 31.9 Å². The molecule has 0 radical (unpaired) electrons. The Balaban J connectivity index is 0.905. The number of fused-ring (bicyclic) bond motifs is 13. The molecule has 500 valence electrons.